The summed E-state index contributed by atoms with van der Waals surface area (Å²) in [4.78, 5) is 9.84. The number of nitrogens with zero attached hydrogens (tertiary/aromatic N) is 2. The van der Waals surface area contributed by atoms with E-state index < -0.39 is 22.2 Å². The largest absolute Gasteiger partial charge is 0.380 e. The van der Waals surface area contributed by atoms with Gasteiger partial charge in [-0.2, -0.15) is 9.65 Å². The number of nitro groups is 1. The molecule has 0 aliphatic rings. The minimum absolute atomic E-state index is 0.0617. The smallest absolute Gasteiger partial charge is 0.305 e. The second-order valence-electron chi connectivity index (χ2n) is 4.16. The fourth-order valence-electron chi connectivity index (χ4n) is 1.80. The Morgan fingerprint density at radius 1 is 1.29 bits per heavy atom. The van der Waals surface area contributed by atoms with E-state index in [-0.39, 0.29) is 17.7 Å². The third kappa shape index (κ3) is 3.12. The second-order valence-corrected chi connectivity index (χ2v) is 4.16. The fraction of sp³-hybridized carbons (Fsp3) is 0.0714. The van der Waals surface area contributed by atoms with Crippen LogP contribution < -0.4 is 5.32 Å². The fourth-order valence-corrected chi connectivity index (χ4v) is 1.80. The van der Waals surface area contributed by atoms with Gasteiger partial charge in [0.1, 0.15) is 11.9 Å². The maximum atomic E-state index is 13.9. The van der Waals surface area contributed by atoms with Crippen LogP contribution in [0.1, 0.15) is 11.1 Å². The zero-order valence-corrected chi connectivity index (χ0v) is 10.6. The molecule has 0 fully saturated rings. The van der Waals surface area contributed by atoms with Crippen LogP contribution in [0.5, 0.6) is 0 Å². The predicted octanol–water partition coefficient (Wildman–Crippen LogP) is 3.36. The van der Waals surface area contributed by atoms with E-state index >= 15 is 0 Å². The molecule has 2 aromatic carbocycles. The molecule has 0 unspecified atom stereocenters. The monoisotopic (exact) mass is 289 g/mol. The molecule has 0 aliphatic heterocycles. The molecule has 0 atom stereocenters. The first kappa shape index (κ1) is 14.4. The molecule has 0 spiro atoms. The highest BCUT2D eigenvalue weighted by Gasteiger charge is 2.17. The Morgan fingerprint density at radius 2 is 2.05 bits per heavy atom. The van der Waals surface area contributed by atoms with E-state index in [4.69, 9.17) is 5.26 Å². The molecule has 0 saturated heterocycles. The Morgan fingerprint density at radius 3 is 2.71 bits per heavy atom. The molecule has 106 valence electrons. The standard InChI is InChI=1S/C14H9F2N3O2/c15-11-4-5-12(10(6-11)7-17)18-8-9-2-1-3-13(14(9)16)19(20)21/h1-6,18H,8H2. The van der Waals surface area contributed by atoms with Crippen molar-refractivity contribution in [2.24, 2.45) is 0 Å². The summed E-state index contributed by atoms with van der Waals surface area (Å²) in [5.74, 6) is -1.49. The number of nitriles is 1. The number of hydrogen-bond acceptors (Lipinski definition) is 4. The first-order valence-corrected chi connectivity index (χ1v) is 5.88. The lowest BCUT2D eigenvalue weighted by atomic mass is 10.1. The molecule has 21 heavy (non-hydrogen) atoms. The number of nitrogens with one attached hydrogen (secondary N) is 1. The summed E-state index contributed by atoms with van der Waals surface area (Å²) in [7, 11) is 0. The first-order valence-electron chi connectivity index (χ1n) is 5.88. The van der Waals surface area contributed by atoms with Gasteiger partial charge in [0.05, 0.1) is 16.2 Å². The van der Waals surface area contributed by atoms with Gasteiger partial charge in [-0.15, -0.1) is 0 Å². The summed E-state index contributed by atoms with van der Waals surface area (Å²) in [6, 6.07) is 9.20. The zero-order valence-electron chi connectivity index (χ0n) is 10.6. The Balaban J connectivity index is 2.23. The van der Waals surface area contributed by atoms with Crippen molar-refractivity contribution < 1.29 is 13.7 Å². The zero-order chi connectivity index (χ0) is 15.4. The van der Waals surface area contributed by atoms with Crippen molar-refractivity contribution in [2.75, 3.05) is 5.32 Å². The number of benzene rings is 2. The number of halogens is 2. The summed E-state index contributed by atoms with van der Waals surface area (Å²) in [6.45, 7) is -0.0617. The normalized spacial score (nSPS) is 9.95. The molecule has 0 bridgehead atoms. The van der Waals surface area contributed by atoms with Crippen molar-refractivity contribution in [3.63, 3.8) is 0 Å². The highest BCUT2D eigenvalue weighted by Crippen LogP contribution is 2.22. The molecule has 0 saturated carbocycles. The summed E-state index contributed by atoms with van der Waals surface area (Å²) in [5, 5.41) is 22.3. The van der Waals surface area contributed by atoms with E-state index in [9.17, 15) is 18.9 Å². The maximum absolute atomic E-state index is 13.9. The third-order valence-electron chi connectivity index (χ3n) is 2.83. The van der Waals surface area contributed by atoms with Crippen LogP contribution in [0.3, 0.4) is 0 Å². The van der Waals surface area contributed by atoms with Gasteiger partial charge in [0, 0.05) is 18.2 Å². The van der Waals surface area contributed by atoms with E-state index in [0.717, 1.165) is 18.2 Å². The van der Waals surface area contributed by atoms with Gasteiger partial charge in [0.15, 0.2) is 0 Å². The lowest BCUT2D eigenvalue weighted by Crippen LogP contribution is -2.05. The quantitative estimate of drug-likeness (QED) is 0.691. The van der Waals surface area contributed by atoms with Crippen LogP contribution in [0.25, 0.3) is 0 Å². The second kappa shape index (κ2) is 5.96. The maximum Gasteiger partial charge on any atom is 0.305 e. The average molecular weight is 289 g/mol. The highest BCUT2D eigenvalue weighted by molar-refractivity contribution is 5.57. The van der Waals surface area contributed by atoms with Gasteiger partial charge in [0.25, 0.3) is 0 Å². The van der Waals surface area contributed by atoms with E-state index in [0.29, 0.717) is 5.69 Å². The summed E-state index contributed by atoms with van der Waals surface area (Å²) in [6.07, 6.45) is 0. The minimum atomic E-state index is -0.935. The topological polar surface area (TPSA) is 79.0 Å². The molecule has 5 nitrogen and oxygen atoms in total. The van der Waals surface area contributed by atoms with Crippen LogP contribution in [0.4, 0.5) is 20.2 Å². The molecule has 0 aromatic heterocycles. The first-order chi connectivity index (χ1) is 10.0. The van der Waals surface area contributed by atoms with E-state index in [2.05, 4.69) is 5.32 Å². The van der Waals surface area contributed by atoms with E-state index in [1.54, 1.807) is 0 Å². The molecule has 1 N–H and O–H groups in total. The number of rotatable bonds is 4. The average Bonchev–Trinajstić information content (AvgIpc) is 2.46. The van der Waals surface area contributed by atoms with Gasteiger partial charge in [-0.25, -0.2) is 4.39 Å². The lowest BCUT2D eigenvalue weighted by Gasteiger charge is -2.09. The van der Waals surface area contributed by atoms with Gasteiger partial charge in [-0.05, 0) is 18.2 Å². The van der Waals surface area contributed by atoms with E-state index in [1.807, 2.05) is 6.07 Å². The molecule has 7 heteroatoms. The van der Waals surface area contributed by atoms with Gasteiger partial charge >= 0.3 is 5.69 Å². The minimum Gasteiger partial charge on any atom is -0.380 e. The SMILES string of the molecule is N#Cc1cc(F)ccc1NCc1cccc([N+](=O)[O-])c1F. The van der Waals surface area contributed by atoms with Crippen LogP contribution in [0.15, 0.2) is 36.4 Å². The van der Waals surface area contributed by atoms with Crippen molar-refractivity contribution in [3.8, 4) is 6.07 Å². The van der Waals surface area contributed by atoms with Crippen molar-refractivity contribution in [3.05, 3.63) is 69.3 Å². The predicted molar refractivity (Wildman–Crippen MR) is 71.5 cm³/mol. The number of anilines is 1. The van der Waals surface area contributed by atoms with Gasteiger partial charge < -0.3 is 5.32 Å². The van der Waals surface area contributed by atoms with Crippen molar-refractivity contribution >= 4 is 11.4 Å². The van der Waals surface area contributed by atoms with Gasteiger partial charge in [0.2, 0.25) is 5.82 Å². The third-order valence-corrected chi connectivity index (χ3v) is 2.83. The highest BCUT2D eigenvalue weighted by atomic mass is 19.1. The van der Waals surface area contributed by atoms with Crippen LogP contribution in [-0.2, 0) is 6.54 Å². The van der Waals surface area contributed by atoms with Crippen molar-refractivity contribution in [2.45, 2.75) is 6.54 Å². The Kier molecular flexibility index (Phi) is 4.09. The summed E-state index contributed by atoms with van der Waals surface area (Å²) in [5.41, 5.74) is -0.142. The van der Waals surface area contributed by atoms with Crippen LogP contribution in [0.2, 0.25) is 0 Å². The summed E-state index contributed by atoms with van der Waals surface area (Å²) >= 11 is 0. The van der Waals surface area contributed by atoms with Gasteiger partial charge in [-0.3, -0.25) is 10.1 Å². The Bertz CT molecular complexity index is 741. The molecule has 2 aromatic rings. The van der Waals surface area contributed by atoms with Crippen molar-refractivity contribution in [1.82, 2.24) is 0 Å². The van der Waals surface area contributed by atoms with Crippen LogP contribution >= 0.6 is 0 Å². The molecule has 2 rings (SSSR count). The molecular formula is C14H9F2N3O2. The molecule has 0 heterocycles. The molecular weight excluding hydrogens is 280 g/mol. The van der Waals surface area contributed by atoms with Crippen LogP contribution in [-0.4, -0.2) is 4.92 Å². The Hall–Kier alpha value is -3.01. The Labute approximate surface area is 118 Å². The molecule has 0 aliphatic carbocycles. The summed E-state index contributed by atoms with van der Waals surface area (Å²) < 4.78 is 26.9. The van der Waals surface area contributed by atoms with Crippen molar-refractivity contribution in [1.29, 1.82) is 5.26 Å². The van der Waals surface area contributed by atoms with Gasteiger partial charge in [-0.1, -0.05) is 12.1 Å². The van der Waals surface area contributed by atoms with E-state index in [1.165, 1.54) is 18.2 Å². The molecule has 0 radical (unpaired) electrons. The number of nitro benzene ring substituents is 1. The van der Waals surface area contributed by atoms with Crippen LogP contribution in [0, 0.1) is 33.1 Å². The lowest BCUT2D eigenvalue weighted by molar-refractivity contribution is -0.387. The number of hydrogen-bond donors (Lipinski definition) is 1. The molecule has 0 amide bonds.